The van der Waals surface area contributed by atoms with Crippen LogP contribution in [0, 0.1) is 11.8 Å². The molecule has 0 spiro atoms. The van der Waals surface area contributed by atoms with Gasteiger partial charge in [-0.1, -0.05) is 0 Å². The fourth-order valence-corrected chi connectivity index (χ4v) is 3.33. The van der Waals surface area contributed by atoms with Gasteiger partial charge in [0.15, 0.2) is 0 Å². The molecule has 0 aromatic rings. The number of aliphatic hydroxyl groups excluding tert-OH is 1. The molecule has 0 saturated carbocycles. The van der Waals surface area contributed by atoms with Crippen molar-refractivity contribution >= 4 is 0 Å². The highest BCUT2D eigenvalue weighted by Crippen LogP contribution is 2.21. The molecule has 112 valence electrons. The summed E-state index contributed by atoms with van der Waals surface area (Å²) in [6, 6.07) is 0. The number of hydrogen-bond acceptors (Lipinski definition) is 4. The molecule has 3 N–H and O–H groups in total. The lowest BCUT2D eigenvalue weighted by molar-refractivity contribution is -0.0158. The van der Waals surface area contributed by atoms with Crippen LogP contribution in [0.1, 0.15) is 38.5 Å². The number of nitrogens with one attached hydrogen (secondary N) is 2. The van der Waals surface area contributed by atoms with E-state index >= 15 is 0 Å². The standard InChI is InChI=1S/C15H30N2O2/c18-10-5-15(14-2-1-7-17-12-14)19-11-6-13-3-8-16-9-4-13/h13-18H,1-12H2. The maximum atomic E-state index is 9.21. The van der Waals surface area contributed by atoms with Gasteiger partial charge in [0.05, 0.1) is 6.10 Å². The van der Waals surface area contributed by atoms with Crippen LogP contribution < -0.4 is 10.6 Å². The smallest absolute Gasteiger partial charge is 0.0637 e. The molecule has 4 heteroatoms. The fourth-order valence-electron chi connectivity index (χ4n) is 3.33. The van der Waals surface area contributed by atoms with Crippen LogP contribution in [0.4, 0.5) is 0 Å². The first kappa shape index (κ1) is 15.2. The summed E-state index contributed by atoms with van der Waals surface area (Å²) in [5.74, 6) is 1.43. The zero-order valence-electron chi connectivity index (χ0n) is 12.1. The van der Waals surface area contributed by atoms with Gasteiger partial charge < -0.3 is 20.5 Å². The summed E-state index contributed by atoms with van der Waals surface area (Å²) < 4.78 is 6.10. The van der Waals surface area contributed by atoms with Gasteiger partial charge in [0.1, 0.15) is 0 Å². The van der Waals surface area contributed by atoms with E-state index in [2.05, 4.69) is 10.6 Å². The lowest BCUT2D eigenvalue weighted by atomic mass is 9.91. The van der Waals surface area contributed by atoms with E-state index in [0.29, 0.717) is 5.92 Å². The van der Waals surface area contributed by atoms with Crippen molar-refractivity contribution in [2.24, 2.45) is 11.8 Å². The van der Waals surface area contributed by atoms with Crippen molar-refractivity contribution in [3.8, 4) is 0 Å². The van der Waals surface area contributed by atoms with Gasteiger partial charge in [-0.05, 0) is 70.0 Å². The zero-order valence-corrected chi connectivity index (χ0v) is 12.1. The first-order valence-electron chi connectivity index (χ1n) is 8.04. The third-order valence-electron chi connectivity index (χ3n) is 4.59. The number of piperidine rings is 2. The van der Waals surface area contributed by atoms with Gasteiger partial charge in [-0.25, -0.2) is 0 Å². The number of aliphatic hydroxyl groups is 1. The van der Waals surface area contributed by atoms with Gasteiger partial charge in [-0.2, -0.15) is 0 Å². The van der Waals surface area contributed by atoms with Crippen LogP contribution in [-0.2, 0) is 4.74 Å². The molecule has 2 fully saturated rings. The molecule has 2 aliphatic rings. The SMILES string of the molecule is OCCC(OCCC1CCNCC1)C1CCCNC1. The lowest BCUT2D eigenvalue weighted by Gasteiger charge is -2.31. The Morgan fingerprint density at radius 2 is 1.95 bits per heavy atom. The average molecular weight is 270 g/mol. The maximum Gasteiger partial charge on any atom is 0.0637 e. The van der Waals surface area contributed by atoms with E-state index in [1.165, 1.54) is 32.1 Å². The van der Waals surface area contributed by atoms with Crippen LogP contribution in [0.15, 0.2) is 0 Å². The van der Waals surface area contributed by atoms with E-state index in [1.54, 1.807) is 0 Å². The minimum atomic E-state index is 0.245. The molecule has 2 unspecified atom stereocenters. The van der Waals surface area contributed by atoms with E-state index in [4.69, 9.17) is 4.74 Å². The van der Waals surface area contributed by atoms with Crippen molar-refractivity contribution in [1.82, 2.24) is 10.6 Å². The van der Waals surface area contributed by atoms with Crippen molar-refractivity contribution in [2.45, 2.75) is 44.6 Å². The highest BCUT2D eigenvalue weighted by atomic mass is 16.5. The molecule has 19 heavy (non-hydrogen) atoms. The summed E-state index contributed by atoms with van der Waals surface area (Å²) in [5.41, 5.74) is 0. The number of ether oxygens (including phenoxy) is 1. The molecule has 4 nitrogen and oxygen atoms in total. The normalized spacial score (nSPS) is 27.3. The van der Waals surface area contributed by atoms with Crippen LogP contribution in [0.5, 0.6) is 0 Å². The van der Waals surface area contributed by atoms with Crippen LogP contribution in [-0.4, -0.2) is 50.6 Å². The molecule has 0 bridgehead atoms. The summed E-state index contributed by atoms with van der Waals surface area (Å²) in [5, 5.41) is 16.1. The van der Waals surface area contributed by atoms with Crippen molar-refractivity contribution in [3.63, 3.8) is 0 Å². The second-order valence-electron chi connectivity index (χ2n) is 6.01. The van der Waals surface area contributed by atoms with Gasteiger partial charge in [-0.3, -0.25) is 0 Å². The molecule has 2 atom stereocenters. The van der Waals surface area contributed by atoms with E-state index < -0.39 is 0 Å². The predicted octanol–water partition coefficient (Wildman–Crippen LogP) is 1.14. The van der Waals surface area contributed by atoms with Gasteiger partial charge in [0, 0.05) is 19.8 Å². The Kier molecular flexibility index (Phi) is 7.14. The van der Waals surface area contributed by atoms with Crippen molar-refractivity contribution < 1.29 is 9.84 Å². The third kappa shape index (κ3) is 5.38. The highest BCUT2D eigenvalue weighted by Gasteiger charge is 2.24. The molecule has 2 saturated heterocycles. The van der Waals surface area contributed by atoms with E-state index in [-0.39, 0.29) is 12.7 Å². The van der Waals surface area contributed by atoms with Gasteiger partial charge in [0.2, 0.25) is 0 Å². The molecule has 0 amide bonds. The van der Waals surface area contributed by atoms with E-state index in [9.17, 15) is 5.11 Å². The van der Waals surface area contributed by atoms with Crippen molar-refractivity contribution in [3.05, 3.63) is 0 Å². The molecule has 0 aliphatic carbocycles. The molecule has 0 aromatic heterocycles. The zero-order chi connectivity index (χ0) is 13.3. The Labute approximate surface area is 117 Å². The molecule has 0 radical (unpaired) electrons. The van der Waals surface area contributed by atoms with Crippen molar-refractivity contribution in [1.29, 1.82) is 0 Å². The van der Waals surface area contributed by atoms with Gasteiger partial charge >= 0.3 is 0 Å². The summed E-state index contributed by atoms with van der Waals surface area (Å²) in [4.78, 5) is 0. The van der Waals surface area contributed by atoms with E-state index in [0.717, 1.165) is 45.1 Å². The number of hydrogen-bond donors (Lipinski definition) is 3. The maximum absolute atomic E-state index is 9.21. The monoisotopic (exact) mass is 270 g/mol. The summed E-state index contributed by atoms with van der Waals surface area (Å²) in [7, 11) is 0. The lowest BCUT2D eigenvalue weighted by Crippen LogP contribution is -2.38. The molecule has 0 aromatic carbocycles. The van der Waals surface area contributed by atoms with Crippen molar-refractivity contribution in [2.75, 3.05) is 39.4 Å². The Morgan fingerprint density at radius 3 is 2.63 bits per heavy atom. The Balaban J connectivity index is 1.66. The topological polar surface area (TPSA) is 53.5 Å². The third-order valence-corrected chi connectivity index (χ3v) is 4.59. The minimum absolute atomic E-state index is 0.245. The molecule has 2 heterocycles. The largest absolute Gasteiger partial charge is 0.396 e. The number of rotatable bonds is 7. The van der Waals surface area contributed by atoms with Gasteiger partial charge in [0.25, 0.3) is 0 Å². The Hall–Kier alpha value is -0.160. The Morgan fingerprint density at radius 1 is 1.11 bits per heavy atom. The molecule has 2 rings (SSSR count). The quantitative estimate of drug-likeness (QED) is 0.649. The predicted molar refractivity (Wildman–Crippen MR) is 77.2 cm³/mol. The van der Waals surface area contributed by atoms with E-state index in [1.807, 2.05) is 0 Å². The summed E-state index contributed by atoms with van der Waals surface area (Å²) in [6.07, 6.45) is 7.29. The molecular formula is C15H30N2O2. The first-order valence-corrected chi connectivity index (χ1v) is 8.04. The average Bonchev–Trinajstić information content (AvgIpc) is 2.48. The van der Waals surface area contributed by atoms with Gasteiger partial charge in [-0.15, -0.1) is 0 Å². The minimum Gasteiger partial charge on any atom is -0.396 e. The second-order valence-corrected chi connectivity index (χ2v) is 6.01. The summed E-state index contributed by atoms with van der Waals surface area (Å²) >= 11 is 0. The van der Waals surface area contributed by atoms with Crippen LogP contribution >= 0.6 is 0 Å². The Bertz CT molecular complexity index is 226. The van der Waals surface area contributed by atoms with Crippen LogP contribution in [0.25, 0.3) is 0 Å². The fraction of sp³-hybridized carbons (Fsp3) is 1.00. The molecular weight excluding hydrogens is 240 g/mol. The molecule has 2 aliphatic heterocycles. The second kappa shape index (κ2) is 8.90. The van der Waals surface area contributed by atoms with Crippen LogP contribution in [0.3, 0.4) is 0 Å². The first-order chi connectivity index (χ1) is 9.40. The summed E-state index contributed by atoms with van der Waals surface area (Å²) in [6.45, 7) is 5.63. The highest BCUT2D eigenvalue weighted by molar-refractivity contribution is 4.77. The van der Waals surface area contributed by atoms with Crippen LogP contribution in [0.2, 0.25) is 0 Å².